The molecule has 1 atom stereocenters. The SMILES string of the molecule is COc1ccccc1C1=NO[C@@H](CN(Cc2ccccc2Cl)C(=O)c2ccccc2F)C1. The zero-order valence-corrected chi connectivity index (χ0v) is 18.3. The van der Waals surface area contributed by atoms with Crippen LogP contribution in [0, 0.1) is 5.82 Å². The zero-order valence-electron chi connectivity index (χ0n) is 17.5. The first-order chi connectivity index (χ1) is 15.6. The summed E-state index contributed by atoms with van der Waals surface area (Å²) in [5.74, 6) is -0.303. The number of ether oxygens (including phenoxy) is 1. The minimum absolute atomic E-state index is 0.00317. The van der Waals surface area contributed by atoms with Crippen molar-refractivity contribution in [2.75, 3.05) is 13.7 Å². The van der Waals surface area contributed by atoms with Crippen LogP contribution in [-0.4, -0.2) is 36.3 Å². The minimum Gasteiger partial charge on any atom is -0.496 e. The average Bonchev–Trinajstić information content (AvgIpc) is 3.28. The molecular weight excluding hydrogens is 431 g/mol. The lowest BCUT2D eigenvalue weighted by Crippen LogP contribution is -2.37. The zero-order chi connectivity index (χ0) is 22.5. The van der Waals surface area contributed by atoms with E-state index in [1.54, 1.807) is 30.2 Å². The first-order valence-electron chi connectivity index (χ1n) is 10.2. The number of carbonyl (C=O) groups is 1. The van der Waals surface area contributed by atoms with Gasteiger partial charge in [-0.2, -0.15) is 0 Å². The van der Waals surface area contributed by atoms with E-state index in [1.807, 2.05) is 42.5 Å². The molecule has 1 aliphatic heterocycles. The third kappa shape index (κ3) is 4.75. The van der Waals surface area contributed by atoms with Gasteiger partial charge in [-0.05, 0) is 35.9 Å². The van der Waals surface area contributed by atoms with Crippen molar-refractivity contribution in [2.24, 2.45) is 5.16 Å². The first-order valence-corrected chi connectivity index (χ1v) is 10.6. The molecule has 0 bridgehead atoms. The van der Waals surface area contributed by atoms with Gasteiger partial charge in [0.1, 0.15) is 11.6 Å². The van der Waals surface area contributed by atoms with Crippen LogP contribution in [0.4, 0.5) is 4.39 Å². The molecule has 0 saturated heterocycles. The average molecular weight is 453 g/mol. The normalized spacial score (nSPS) is 15.1. The van der Waals surface area contributed by atoms with E-state index in [4.69, 9.17) is 21.2 Å². The molecule has 0 unspecified atom stereocenters. The molecule has 0 radical (unpaired) electrons. The number of hydrogen-bond donors (Lipinski definition) is 0. The smallest absolute Gasteiger partial charge is 0.257 e. The summed E-state index contributed by atoms with van der Waals surface area (Å²) in [6.07, 6.45) is 0.109. The molecule has 0 aromatic heterocycles. The Bertz CT molecular complexity index is 1150. The van der Waals surface area contributed by atoms with Gasteiger partial charge in [-0.1, -0.05) is 59.2 Å². The summed E-state index contributed by atoms with van der Waals surface area (Å²) in [6.45, 7) is 0.442. The molecule has 1 amide bonds. The minimum atomic E-state index is -0.569. The van der Waals surface area contributed by atoms with E-state index in [1.165, 1.54) is 12.1 Å². The van der Waals surface area contributed by atoms with Crippen LogP contribution in [0.25, 0.3) is 0 Å². The largest absolute Gasteiger partial charge is 0.496 e. The molecule has 3 aromatic rings. The highest BCUT2D eigenvalue weighted by atomic mass is 35.5. The predicted molar refractivity (Wildman–Crippen MR) is 122 cm³/mol. The maximum absolute atomic E-state index is 14.4. The topological polar surface area (TPSA) is 51.1 Å². The number of methoxy groups -OCH3 is 1. The summed E-state index contributed by atoms with van der Waals surface area (Å²) < 4.78 is 19.8. The second-order valence-electron chi connectivity index (χ2n) is 7.43. The highest BCUT2D eigenvalue weighted by Gasteiger charge is 2.29. The predicted octanol–water partition coefficient (Wildman–Crippen LogP) is 5.32. The Balaban J connectivity index is 1.55. The number of hydrogen-bond acceptors (Lipinski definition) is 4. The number of oxime groups is 1. The molecule has 0 saturated carbocycles. The second kappa shape index (κ2) is 9.83. The standard InChI is InChI=1S/C25H22ClFN2O3/c1-31-24-13-7-4-10-20(24)23-14-18(32-28-23)16-29(15-17-8-2-5-11-21(17)26)25(30)19-9-3-6-12-22(19)27/h2-13,18H,14-16H2,1H3/t18-/m1/s1. The van der Waals surface area contributed by atoms with Gasteiger partial charge in [0.25, 0.3) is 5.91 Å². The maximum Gasteiger partial charge on any atom is 0.257 e. The molecule has 0 N–H and O–H groups in total. The van der Waals surface area contributed by atoms with Gasteiger partial charge in [-0.25, -0.2) is 4.39 Å². The van der Waals surface area contributed by atoms with Crippen molar-refractivity contribution in [2.45, 2.75) is 19.1 Å². The molecule has 5 nitrogen and oxygen atoms in total. The number of halogens is 2. The number of carbonyl (C=O) groups excluding carboxylic acids is 1. The van der Waals surface area contributed by atoms with Gasteiger partial charge < -0.3 is 14.5 Å². The fourth-order valence-electron chi connectivity index (χ4n) is 3.67. The molecule has 164 valence electrons. The Kier molecular flexibility index (Phi) is 6.71. The molecule has 1 heterocycles. The van der Waals surface area contributed by atoms with E-state index in [2.05, 4.69) is 5.16 Å². The molecular formula is C25H22ClFN2O3. The van der Waals surface area contributed by atoms with E-state index in [0.29, 0.717) is 17.2 Å². The fraction of sp³-hybridized carbons (Fsp3) is 0.200. The van der Waals surface area contributed by atoms with Crippen molar-refractivity contribution in [3.05, 3.63) is 100 Å². The first kappa shape index (κ1) is 21.8. The van der Waals surface area contributed by atoms with E-state index >= 15 is 0 Å². The number of amides is 1. The van der Waals surface area contributed by atoms with Crippen molar-refractivity contribution in [1.82, 2.24) is 4.90 Å². The van der Waals surface area contributed by atoms with Gasteiger partial charge in [0.15, 0.2) is 6.10 Å². The monoisotopic (exact) mass is 452 g/mol. The summed E-state index contributed by atoms with van der Waals surface area (Å²) >= 11 is 6.32. The van der Waals surface area contributed by atoms with Gasteiger partial charge in [0, 0.05) is 23.6 Å². The third-order valence-corrected chi connectivity index (χ3v) is 5.65. The van der Waals surface area contributed by atoms with Crippen molar-refractivity contribution in [1.29, 1.82) is 0 Å². The summed E-state index contributed by atoms with van der Waals surface area (Å²) in [5.41, 5.74) is 2.35. The fourth-order valence-corrected chi connectivity index (χ4v) is 3.87. The van der Waals surface area contributed by atoms with Gasteiger partial charge in [0.05, 0.1) is 24.9 Å². The summed E-state index contributed by atoms with van der Waals surface area (Å²) in [4.78, 5) is 20.4. The molecule has 1 aliphatic rings. The third-order valence-electron chi connectivity index (χ3n) is 5.29. The molecule has 3 aromatic carbocycles. The molecule has 0 fully saturated rings. The lowest BCUT2D eigenvalue weighted by Gasteiger charge is -2.25. The van der Waals surface area contributed by atoms with Crippen molar-refractivity contribution in [3.8, 4) is 5.75 Å². The number of benzene rings is 3. The van der Waals surface area contributed by atoms with Crippen LogP contribution < -0.4 is 4.74 Å². The lowest BCUT2D eigenvalue weighted by atomic mass is 10.0. The highest BCUT2D eigenvalue weighted by Crippen LogP contribution is 2.26. The maximum atomic E-state index is 14.4. The lowest BCUT2D eigenvalue weighted by molar-refractivity contribution is 0.0402. The van der Waals surface area contributed by atoms with Gasteiger partial charge in [-0.3, -0.25) is 4.79 Å². The van der Waals surface area contributed by atoms with Gasteiger partial charge in [0.2, 0.25) is 0 Å². The van der Waals surface area contributed by atoms with E-state index in [9.17, 15) is 9.18 Å². The van der Waals surface area contributed by atoms with Crippen LogP contribution in [0.1, 0.15) is 27.9 Å². The van der Waals surface area contributed by atoms with Gasteiger partial charge in [-0.15, -0.1) is 0 Å². The Morgan fingerprint density at radius 1 is 1.12 bits per heavy atom. The van der Waals surface area contributed by atoms with Crippen LogP contribution in [0.15, 0.2) is 78.0 Å². The summed E-state index contributed by atoms with van der Waals surface area (Å²) in [7, 11) is 1.60. The number of rotatable bonds is 7. The molecule has 0 aliphatic carbocycles. The van der Waals surface area contributed by atoms with Crippen LogP contribution >= 0.6 is 11.6 Å². The van der Waals surface area contributed by atoms with Crippen molar-refractivity contribution >= 4 is 23.2 Å². The van der Waals surface area contributed by atoms with E-state index in [0.717, 1.165) is 16.8 Å². The van der Waals surface area contributed by atoms with Crippen LogP contribution in [0.3, 0.4) is 0 Å². The molecule has 32 heavy (non-hydrogen) atoms. The summed E-state index contributed by atoms with van der Waals surface area (Å²) in [5, 5.41) is 4.76. The van der Waals surface area contributed by atoms with E-state index in [-0.39, 0.29) is 24.8 Å². The second-order valence-corrected chi connectivity index (χ2v) is 7.83. The van der Waals surface area contributed by atoms with Crippen LogP contribution in [0.5, 0.6) is 5.75 Å². The Morgan fingerprint density at radius 2 is 1.84 bits per heavy atom. The number of nitrogens with zero attached hydrogens (tertiary/aromatic N) is 2. The van der Waals surface area contributed by atoms with Gasteiger partial charge >= 0.3 is 0 Å². The van der Waals surface area contributed by atoms with Crippen LogP contribution in [-0.2, 0) is 11.4 Å². The van der Waals surface area contributed by atoms with Crippen molar-refractivity contribution < 1.29 is 18.8 Å². The summed E-state index contributed by atoms with van der Waals surface area (Å²) in [6, 6.07) is 20.8. The Labute approximate surface area is 191 Å². The molecule has 0 spiro atoms. The number of para-hydroxylation sites is 1. The molecule has 4 rings (SSSR count). The quantitative estimate of drug-likeness (QED) is 0.487. The van der Waals surface area contributed by atoms with E-state index < -0.39 is 11.7 Å². The Morgan fingerprint density at radius 3 is 2.62 bits per heavy atom. The molecule has 7 heteroatoms. The van der Waals surface area contributed by atoms with Crippen LogP contribution in [0.2, 0.25) is 5.02 Å². The van der Waals surface area contributed by atoms with Crippen molar-refractivity contribution in [3.63, 3.8) is 0 Å². The highest BCUT2D eigenvalue weighted by molar-refractivity contribution is 6.31. The Hall–Kier alpha value is -3.38.